The molecule has 2 heterocycles. The van der Waals surface area contributed by atoms with Gasteiger partial charge in [0.05, 0.1) is 17.8 Å². The second-order valence-corrected chi connectivity index (χ2v) is 3.86. The van der Waals surface area contributed by atoms with Gasteiger partial charge < -0.3 is 0 Å². The molecule has 0 bridgehead atoms. The SMILES string of the molecule is CC(C)n1nnc(-c2cnn(C)c2Cl)n1. The van der Waals surface area contributed by atoms with Crippen LogP contribution in [0.15, 0.2) is 6.20 Å². The number of tetrazole rings is 1. The molecule has 0 aliphatic carbocycles. The van der Waals surface area contributed by atoms with Gasteiger partial charge in [-0.05, 0) is 19.1 Å². The summed E-state index contributed by atoms with van der Waals surface area (Å²) in [5.41, 5.74) is 0.700. The molecule has 0 N–H and O–H groups in total. The predicted molar refractivity (Wildman–Crippen MR) is 55.4 cm³/mol. The van der Waals surface area contributed by atoms with Gasteiger partial charge in [0, 0.05) is 7.05 Å². The van der Waals surface area contributed by atoms with Crippen molar-refractivity contribution in [2.45, 2.75) is 19.9 Å². The van der Waals surface area contributed by atoms with Crippen LogP contribution in [0.25, 0.3) is 11.4 Å². The maximum Gasteiger partial charge on any atom is 0.209 e. The van der Waals surface area contributed by atoms with Crippen LogP contribution in [0, 0.1) is 0 Å². The quantitative estimate of drug-likeness (QED) is 0.775. The van der Waals surface area contributed by atoms with E-state index in [0.29, 0.717) is 16.5 Å². The average Bonchev–Trinajstić information content (AvgIpc) is 2.76. The fourth-order valence-corrected chi connectivity index (χ4v) is 1.30. The minimum Gasteiger partial charge on any atom is -0.256 e. The maximum absolute atomic E-state index is 6.02. The minimum atomic E-state index is 0.182. The third-order valence-electron chi connectivity index (χ3n) is 2.00. The van der Waals surface area contributed by atoms with E-state index in [1.807, 2.05) is 13.8 Å². The monoisotopic (exact) mass is 226 g/mol. The second kappa shape index (κ2) is 3.62. The van der Waals surface area contributed by atoms with Crippen molar-refractivity contribution in [1.82, 2.24) is 30.0 Å². The van der Waals surface area contributed by atoms with E-state index < -0.39 is 0 Å². The van der Waals surface area contributed by atoms with Crippen molar-refractivity contribution in [1.29, 1.82) is 0 Å². The lowest BCUT2D eigenvalue weighted by Crippen LogP contribution is -2.04. The Morgan fingerprint density at radius 2 is 2.13 bits per heavy atom. The van der Waals surface area contributed by atoms with Crippen molar-refractivity contribution < 1.29 is 0 Å². The number of aromatic nitrogens is 6. The van der Waals surface area contributed by atoms with Crippen LogP contribution in [0.2, 0.25) is 5.15 Å². The summed E-state index contributed by atoms with van der Waals surface area (Å²) in [6, 6.07) is 0.182. The van der Waals surface area contributed by atoms with Crippen molar-refractivity contribution >= 4 is 11.6 Å². The summed E-state index contributed by atoms with van der Waals surface area (Å²) in [5, 5.41) is 16.6. The number of halogens is 1. The Balaban J connectivity index is 2.41. The zero-order valence-corrected chi connectivity index (χ0v) is 9.47. The number of hydrogen-bond donors (Lipinski definition) is 0. The molecular weight excluding hydrogens is 216 g/mol. The summed E-state index contributed by atoms with van der Waals surface area (Å²) in [7, 11) is 1.76. The van der Waals surface area contributed by atoms with Crippen LogP contribution in [0.1, 0.15) is 19.9 Å². The third-order valence-corrected chi connectivity index (χ3v) is 2.45. The molecule has 2 aromatic heterocycles. The molecule has 0 saturated heterocycles. The van der Waals surface area contributed by atoms with Gasteiger partial charge in [-0.15, -0.1) is 10.2 Å². The van der Waals surface area contributed by atoms with Gasteiger partial charge in [-0.1, -0.05) is 11.6 Å². The van der Waals surface area contributed by atoms with E-state index >= 15 is 0 Å². The standard InChI is InChI=1S/C8H11ClN6/c1-5(2)15-12-8(11-13-15)6-4-10-14(3)7(6)9/h4-5H,1-3H3. The van der Waals surface area contributed by atoms with Crippen molar-refractivity contribution in [3.05, 3.63) is 11.3 Å². The van der Waals surface area contributed by atoms with Crippen molar-refractivity contribution in [2.75, 3.05) is 0 Å². The molecule has 0 spiro atoms. The fraction of sp³-hybridized carbons (Fsp3) is 0.500. The Bertz CT molecular complexity index is 471. The first-order chi connectivity index (χ1) is 7.09. The molecule has 6 nitrogen and oxygen atoms in total. The molecule has 0 radical (unpaired) electrons. The van der Waals surface area contributed by atoms with Gasteiger partial charge in [0.25, 0.3) is 0 Å². The smallest absolute Gasteiger partial charge is 0.209 e. The molecule has 7 heteroatoms. The molecular formula is C8H11ClN6. The summed E-state index contributed by atoms with van der Waals surface area (Å²) < 4.78 is 1.56. The van der Waals surface area contributed by atoms with Crippen molar-refractivity contribution in [2.24, 2.45) is 7.05 Å². The van der Waals surface area contributed by atoms with Gasteiger partial charge >= 0.3 is 0 Å². The molecule has 2 aromatic rings. The summed E-state index contributed by atoms with van der Waals surface area (Å²) in [6.45, 7) is 3.96. The maximum atomic E-state index is 6.02. The molecule has 0 aliphatic heterocycles. The molecule has 0 saturated carbocycles. The molecule has 80 valence electrons. The minimum absolute atomic E-state index is 0.182. The van der Waals surface area contributed by atoms with E-state index in [2.05, 4.69) is 20.5 Å². The lowest BCUT2D eigenvalue weighted by Gasteiger charge is -1.98. The molecule has 0 atom stereocenters. The van der Waals surface area contributed by atoms with Crippen LogP contribution in [0.5, 0.6) is 0 Å². The van der Waals surface area contributed by atoms with Gasteiger partial charge in [0.2, 0.25) is 5.82 Å². The molecule has 15 heavy (non-hydrogen) atoms. The molecule has 0 amide bonds. The number of hydrogen-bond acceptors (Lipinski definition) is 4. The number of nitrogens with zero attached hydrogens (tertiary/aromatic N) is 6. The lowest BCUT2D eigenvalue weighted by atomic mass is 10.3. The zero-order chi connectivity index (χ0) is 11.0. The Labute approximate surface area is 91.8 Å². The summed E-state index contributed by atoms with van der Waals surface area (Å²) in [4.78, 5) is 1.54. The summed E-state index contributed by atoms with van der Waals surface area (Å²) in [6.07, 6.45) is 1.63. The van der Waals surface area contributed by atoms with E-state index in [1.54, 1.807) is 22.7 Å². The van der Waals surface area contributed by atoms with Gasteiger partial charge in [0.1, 0.15) is 5.15 Å². The van der Waals surface area contributed by atoms with Gasteiger partial charge in [-0.3, -0.25) is 4.68 Å². The predicted octanol–water partition coefficient (Wildman–Crippen LogP) is 1.31. The van der Waals surface area contributed by atoms with Crippen LogP contribution in [-0.2, 0) is 7.05 Å². The van der Waals surface area contributed by atoms with Gasteiger partial charge in [-0.25, -0.2) is 0 Å². The van der Waals surface area contributed by atoms with Gasteiger partial charge in [-0.2, -0.15) is 9.90 Å². The largest absolute Gasteiger partial charge is 0.256 e. The first-order valence-corrected chi connectivity index (χ1v) is 4.94. The van der Waals surface area contributed by atoms with Crippen LogP contribution >= 0.6 is 11.6 Å². The van der Waals surface area contributed by atoms with E-state index in [0.717, 1.165) is 0 Å². The Hall–Kier alpha value is -1.43. The molecule has 0 aliphatic rings. The molecule has 0 aromatic carbocycles. The Morgan fingerprint density at radius 3 is 2.60 bits per heavy atom. The second-order valence-electron chi connectivity index (χ2n) is 3.50. The first kappa shape index (κ1) is 10.1. The van der Waals surface area contributed by atoms with E-state index in [-0.39, 0.29) is 6.04 Å². The number of rotatable bonds is 2. The number of aryl methyl sites for hydroxylation is 1. The zero-order valence-electron chi connectivity index (χ0n) is 8.72. The van der Waals surface area contributed by atoms with Gasteiger partial charge in [0.15, 0.2) is 0 Å². The Kier molecular flexibility index (Phi) is 2.44. The fourth-order valence-electron chi connectivity index (χ4n) is 1.12. The summed E-state index contributed by atoms with van der Waals surface area (Å²) in [5.74, 6) is 0.502. The molecule has 2 rings (SSSR count). The van der Waals surface area contributed by atoms with Crippen molar-refractivity contribution in [3.63, 3.8) is 0 Å². The van der Waals surface area contributed by atoms with Crippen LogP contribution in [0.3, 0.4) is 0 Å². The highest BCUT2D eigenvalue weighted by Gasteiger charge is 2.14. The van der Waals surface area contributed by atoms with E-state index in [9.17, 15) is 0 Å². The lowest BCUT2D eigenvalue weighted by molar-refractivity contribution is 0.455. The van der Waals surface area contributed by atoms with Crippen LogP contribution in [-0.4, -0.2) is 30.0 Å². The van der Waals surface area contributed by atoms with E-state index in [4.69, 9.17) is 11.6 Å². The average molecular weight is 227 g/mol. The normalized spacial score (nSPS) is 11.3. The van der Waals surface area contributed by atoms with E-state index in [1.165, 1.54) is 0 Å². The van der Waals surface area contributed by atoms with Crippen molar-refractivity contribution in [3.8, 4) is 11.4 Å². The first-order valence-electron chi connectivity index (χ1n) is 4.57. The third kappa shape index (κ3) is 1.72. The summed E-state index contributed by atoms with van der Waals surface area (Å²) >= 11 is 6.02. The molecule has 0 unspecified atom stereocenters. The highest BCUT2D eigenvalue weighted by molar-refractivity contribution is 6.32. The Morgan fingerprint density at radius 1 is 1.40 bits per heavy atom. The highest BCUT2D eigenvalue weighted by atomic mass is 35.5. The topological polar surface area (TPSA) is 61.4 Å². The highest BCUT2D eigenvalue weighted by Crippen LogP contribution is 2.23. The van der Waals surface area contributed by atoms with Crippen LogP contribution in [0.4, 0.5) is 0 Å². The molecule has 0 fully saturated rings. The van der Waals surface area contributed by atoms with Crippen LogP contribution < -0.4 is 0 Å².